The van der Waals surface area contributed by atoms with Gasteiger partial charge < -0.3 is 10.4 Å². The molecule has 3 unspecified atom stereocenters. The van der Waals surface area contributed by atoms with E-state index in [0.29, 0.717) is 12.0 Å². The minimum absolute atomic E-state index is 0.230. The number of aliphatic hydroxyl groups is 1. The van der Waals surface area contributed by atoms with Crippen LogP contribution >= 0.6 is 0 Å². The molecule has 0 amide bonds. The van der Waals surface area contributed by atoms with Crippen molar-refractivity contribution >= 4 is 0 Å². The number of nitrogens with zero attached hydrogens (tertiary/aromatic N) is 2. The van der Waals surface area contributed by atoms with Crippen molar-refractivity contribution in [3.63, 3.8) is 0 Å². The number of nitrogens with one attached hydrogen (secondary N) is 1. The Labute approximate surface area is 150 Å². The first-order valence-corrected chi connectivity index (χ1v) is 9.23. The Hall–Kier alpha value is -1.75. The third-order valence-electron chi connectivity index (χ3n) is 5.02. The van der Waals surface area contributed by atoms with E-state index in [0.717, 1.165) is 26.1 Å². The van der Waals surface area contributed by atoms with Gasteiger partial charge >= 0.3 is 0 Å². The molecule has 3 atom stereocenters. The molecule has 4 nitrogen and oxygen atoms in total. The molecule has 4 heteroatoms. The largest absolute Gasteiger partial charge is 0.392 e. The van der Waals surface area contributed by atoms with Gasteiger partial charge in [0.2, 0.25) is 0 Å². The van der Waals surface area contributed by atoms with Crippen molar-refractivity contribution < 1.29 is 5.11 Å². The number of rotatable bonds is 7. The van der Waals surface area contributed by atoms with Crippen LogP contribution < -0.4 is 5.32 Å². The molecule has 1 aliphatic heterocycles. The zero-order chi connectivity index (χ0) is 17.6. The Morgan fingerprint density at radius 2 is 2.00 bits per heavy atom. The monoisotopic (exact) mass is 339 g/mol. The molecular formula is C21H29N3O. The fourth-order valence-electron chi connectivity index (χ4n) is 3.74. The first-order chi connectivity index (χ1) is 12.1. The predicted molar refractivity (Wildman–Crippen MR) is 101 cm³/mol. The molecule has 2 N–H and O–H groups in total. The van der Waals surface area contributed by atoms with Crippen molar-refractivity contribution in [3.8, 4) is 0 Å². The summed E-state index contributed by atoms with van der Waals surface area (Å²) in [5.41, 5.74) is 2.53. The average molecular weight is 339 g/mol. The maximum atomic E-state index is 10.2. The molecule has 0 saturated carbocycles. The van der Waals surface area contributed by atoms with Crippen LogP contribution in [0.1, 0.15) is 37.4 Å². The normalized spacial score (nSPS) is 22.4. The first kappa shape index (κ1) is 18.1. The molecule has 25 heavy (non-hydrogen) atoms. The highest BCUT2D eigenvalue weighted by atomic mass is 16.3. The van der Waals surface area contributed by atoms with E-state index in [9.17, 15) is 5.11 Å². The number of aliphatic hydroxyl groups excluding tert-OH is 1. The Bertz CT molecular complexity index is 632. The SMILES string of the molecule is CC(C)C(NCC1CC(O)CN1Cc1ccccc1)c1cccnc1. The van der Waals surface area contributed by atoms with E-state index in [4.69, 9.17) is 0 Å². The lowest BCUT2D eigenvalue weighted by Gasteiger charge is -2.29. The zero-order valence-corrected chi connectivity index (χ0v) is 15.2. The maximum Gasteiger partial charge on any atom is 0.0682 e. The van der Waals surface area contributed by atoms with Crippen molar-refractivity contribution in [1.82, 2.24) is 15.2 Å². The lowest BCUT2D eigenvalue weighted by Crippen LogP contribution is -2.40. The van der Waals surface area contributed by atoms with Gasteiger partial charge in [-0.2, -0.15) is 0 Å². The van der Waals surface area contributed by atoms with Crippen molar-refractivity contribution in [2.45, 2.75) is 45.0 Å². The van der Waals surface area contributed by atoms with Crippen LogP contribution in [0.25, 0.3) is 0 Å². The van der Waals surface area contributed by atoms with Crippen molar-refractivity contribution in [1.29, 1.82) is 0 Å². The molecule has 0 radical (unpaired) electrons. The van der Waals surface area contributed by atoms with Crippen LogP contribution in [0, 0.1) is 5.92 Å². The molecule has 0 spiro atoms. The number of hydrogen-bond acceptors (Lipinski definition) is 4. The molecule has 2 heterocycles. The fourth-order valence-corrected chi connectivity index (χ4v) is 3.74. The number of aromatic nitrogens is 1. The minimum atomic E-state index is -0.230. The van der Waals surface area contributed by atoms with Gasteiger partial charge in [0.05, 0.1) is 6.10 Å². The Kier molecular flexibility index (Phi) is 6.19. The van der Waals surface area contributed by atoms with Crippen LogP contribution in [-0.2, 0) is 6.54 Å². The molecular weight excluding hydrogens is 310 g/mol. The van der Waals surface area contributed by atoms with Gasteiger partial charge in [-0.1, -0.05) is 50.2 Å². The topological polar surface area (TPSA) is 48.4 Å². The summed E-state index contributed by atoms with van der Waals surface area (Å²) in [6, 6.07) is 15.3. The maximum absolute atomic E-state index is 10.2. The summed E-state index contributed by atoms with van der Waals surface area (Å²) < 4.78 is 0. The highest BCUT2D eigenvalue weighted by molar-refractivity contribution is 5.16. The van der Waals surface area contributed by atoms with Gasteiger partial charge in [-0.05, 0) is 29.5 Å². The standard InChI is InChI=1S/C21H29N3O/c1-16(2)21(18-9-6-10-22-12-18)23-13-19-11-20(25)15-24(19)14-17-7-4-3-5-8-17/h3-10,12,16,19-21,23,25H,11,13-15H2,1-2H3. The van der Waals surface area contributed by atoms with E-state index >= 15 is 0 Å². The molecule has 0 bridgehead atoms. The summed E-state index contributed by atoms with van der Waals surface area (Å²) in [7, 11) is 0. The summed E-state index contributed by atoms with van der Waals surface area (Å²) in [5, 5.41) is 13.9. The Balaban J connectivity index is 1.63. The second kappa shape index (κ2) is 8.56. The molecule has 1 aliphatic rings. The fraction of sp³-hybridized carbons (Fsp3) is 0.476. The van der Waals surface area contributed by atoms with Gasteiger partial charge in [-0.15, -0.1) is 0 Å². The van der Waals surface area contributed by atoms with Gasteiger partial charge in [0.1, 0.15) is 0 Å². The van der Waals surface area contributed by atoms with Crippen molar-refractivity contribution in [3.05, 3.63) is 66.0 Å². The lowest BCUT2D eigenvalue weighted by atomic mass is 9.97. The molecule has 3 rings (SSSR count). The van der Waals surface area contributed by atoms with Gasteiger partial charge in [-0.3, -0.25) is 9.88 Å². The molecule has 1 saturated heterocycles. The molecule has 1 aromatic carbocycles. The zero-order valence-electron chi connectivity index (χ0n) is 15.2. The molecule has 0 aliphatic carbocycles. The van der Waals surface area contributed by atoms with Crippen LogP contribution in [0.3, 0.4) is 0 Å². The van der Waals surface area contributed by atoms with Gasteiger partial charge in [-0.25, -0.2) is 0 Å². The average Bonchev–Trinajstić information content (AvgIpc) is 2.96. The summed E-state index contributed by atoms with van der Waals surface area (Å²) in [6.07, 6.45) is 4.36. The van der Waals surface area contributed by atoms with Crippen LogP contribution in [0.5, 0.6) is 0 Å². The lowest BCUT2D eigenvalue weighted by molar-refractivity contribution is 0.172. The van der Waals surface area contributed by atoms with Crippen LogP contribution in [0.15, 0.2) is 54.9 Å². The van der Waals surface area contributed by atoms with E-state index in [1.54, 1.807) is 0 Å². The van der Waals surface area contributed by atoms with Gasteiger partial charge in [0, 0.05) is 44.1 Å². The van der Waals surface area contributed by atoms with Gasteiger partial charge in [0.25, 0.3) is 0 Å². The van der Waals surface area contributed by atoms with E-state index in [-0.39, 0.29) is 12.1 Å². The highest BCUT2D eigenvalue weighted by Gasteiger charge is 2.31. The van der Waals surface area contributed by atoms with E-state index in [1.165, 1.54) is 11.1 Å². The number of likely N-dealkylation sites (tertiary alicyclic amines) is 1. The van der Waals surface area contributed by atoms with Crippen LogP contribution in [0.2, 0.25) is 0 Å². The summed E-state index contributed by atoms with van der Waals surface area (Å²) >= 11 is 0. The summed E-state index contributed by atoms with van der Waals surface area (Å²) in [6.45, 7) is 6.98. The Morgan fingerprint density at radius 3 is 2.68 bits per heavy atom. The second-order valence-electron chi connectivity index (χ2n) is 7.37. The predicted octanol–water partition coefficient (Wildman–Crippen LogP) is 3.00. The number of benzene rings is 1. The number of hydrogen-bond donors (Lipinski definition) is 2. The minimum Gasteiger partial charge on any atom is -0.392 e. The molecule has 1 aromatic heterocycles. The summed E-state index contributed by atoms with van der Waals surface area (Å²) in [5.74, 6) is 0.484. The van der Waals surface area contributed by atoms with Crippen LogP contribution in [0.4, 0.5) is 0 Å². The third-order valence-corrected chi connectivity index (χ3v) is 5.02. The van der Waals surface area contributed by atoms with Gasteiger partial charge in [0.15, 0.2) is 0 Å². The van der Waals surface area contributed by atoms with Crippen molar-refractivity contribution in [2.24, 2.45) is 5.92 Å². The molecule has 2 aromatic rings. The highest BCUT2D eigenvalue weighted by Crippen LogP contribution is 2.24. The van der Waals surface area contributed by atoms with E-state index < -0.39 is 0 Å². The molecule has 134 valence electrons. The second-order valence-corrected chi connectivity index (χ2v) is 7.37. The number of β-amino-alcohol motifs (C(OH)–C–C–N with tert-alkyl or cyclic N) is 1. The third kappa shape index (κ3) is 4.88. The first-order valence-electron chi connectivity index (χ1n) is 9.23. The van der Waals surface area contributed by atoms with Crippen molar-refractivity contribution in [2.75, 3.05) is 13.1 Å². The number of pyridine rings is 1. The van der Waals surface area contributed by atoms with E-state index in [1.807, 2.05) is 24.5 Å². The smallest absolute Gasteiger partial charge is 0.0682 e. The Morgan fingerprint density at radius 1 is 1.20 bits per heavy atom. The van der Waals surface area contributed by atoms with E-state index in [2.05, 4.69) is 59.4 Å². The summed E-state index contributed by atoms with van der Waals surface area (Å²) in [4.78, 5) is 6.66. The molecule has 1 fully saturated rings. The van der Waals surface area contributed by atoms with Crippen LogP contribution in [-0.4, -0.2) is 40.2 Å². The quantitative estimate of drug-likeness (QED) is 0.814.